The summed E-state index contributed by atoms with van der Waals surface area (Å²) >= 11 is 1.51. The van der Waals surface area contributed by atoms with E-state index in [0.717, 1.165) is 10.7 Å². The molecular weight excluding hydrogens is 263 g/mol. The van der Waals surface area contributed by atoms with Crippen LogP contribution in [0.3, 0.4) is 0 Å². The Bertz CT molecular complexity index is 352. The monoisotopic (exact) mass is 281 g/mol. The van der Waals surface area contributed by atoms with Gasteiger partial charge in [0.2, 0.25) is 0 Å². The predicted octanol–water partition coefficient (Wildman–Crippen LogP) is 2.46. The Balaban J connectivity index is 2.26. The molecule has 1 aromatic rings. The molecule has 1 heterocycles. The molecule has 1 aromatic heterocycles. The quantitative estimate of drug-likeness (QED) is 0.755. The van der Waals surface area contributed by atoms with E-state index in [1.807, 2.05) is 12.3 Å². The van der Waals surface area contributed by atoms with Gasteiger partial charge in [-0.15, -0.1) is 11.3 Å². The lowest BCUT2D eigenvalue weighted by molar-refractivity contribution is -0.177. The summed E-state index contributed by atoms with van der Waals surface area (Å²) in [6.45, 7) is 2.80. The topological polar surface area (TPSA) is 50.9 Å². The van der Waals surface area contributed by atoms with Crippen molar-refractivity contribution in [3.63, 3.8) is 0 Å². The van der Waals surface area contributed by atoms with E-state index in [2.05, 4.69) is 10.3 Å². The van der Waals surface area contributed by atoms with Gasteiger partial charge in [-0.1, -0.05) is 0 Å². The molecule has 0 aliphatic heterocycles. The van der Waals surface area contributed by atoms with Gasteiger partial charge in [0.1, 0.15) is 5.01 Å². The molecule has 0 aromatic carbocycles. The summed E-state index contributed by atoms with van der Waals surface area (Å²) in [5.74, 6) is -1.31. The van der Waals surface area contributed by atoms with Crippen LogP contribution in [0, 0.1) is 12.8 Å². The first-order chi connectivity index (χ1) is 8.43. The zero-order valence-electron chi connectivity index (χ0n) is 10.3. The van der Waals surface area contributed by atoms with Gasteiger partial charge in [-0.25, -0.2) is 4.98 Å². The Kier molecular flexibility index (Phi) is 6.04. The summed E-state index contributed by atoms with van der Waals surface area (Å²) in [5, 5.41) is 5.80. The van der Waals surface area contributed by atoms with Gasteiger partial charge in [-0.05, 0) is 32.9 Å². The fraction of sp³-hybridized carbons (Fsp3) is 0.727. The molecule has 3 N–H and O–H groups in total. The summed E-state index contributed by atoms with van der Waals surface area (Å²) in [6.07, 6.45) is -4.11. The van der Waals surface area contributed by atoms with Crippen LogP contribution in [0.4, 0.5) is 13.2 Å². The predicted molar refractivity (Wildman–Crippen MR) is 66.4 cm³/mol. The van der Waals surface area contributed by atoms with E-state index in [1.165, 1.54) is 11.3 Å². The Morgan fingerprint density at radius 2 is 2.17 bits per heavy atom. The second-order valence-corrected chi connectivity index (χ2v) is 5.11. The number of hydrogen-bond acceptors (Lipinski definition) is 4. The van der Waals surface area contributed by atoms with Gasteiger partial charge in [0.25, 0.3) is 0 Å². The second-order valence-electron chi connectivity index (χ2n) is 4.16. The summed E-state index contributed by atoms with van der Waals surface area (Å²) in [6, 6.07) is 0. The maximum absolute atomic E-state index is 12.6. The normalized spacial score (nSPS) is 13.8. The number of rotatable bonds is 7. The first-order valence-electron chi connectivity index (χ1n) is 5.82. The summed E-state index contributed by atoms with van der Waals surface area (Å²) < 4.78 is 37.7. The molecule has 0 radical (unpaired) electrons. The molecule has 0 aliphatic rings. The molecule has 0 amide bonds. The average molecular weight is 281 g/mol. The average Bonchev–Trinajstić information content (AvgIpc) is 2.67. The van der Waals surface area contributed by atoms with Crippen LogP contribution in [0.25, 0.3) is 0 Å². The fourth-order valence-electron chi connectivity index (χ4n) is 1.63. The molecular formula is C11H18F3N3S. The van der Waals surface area contributed by atoms with Crippen LogP contribution in [0.1, 0.15) is 23.5 Å². The van der Waals surface area contributed by atoms with Gasteiger partial charge in [-0.2, -0.15) is 13.2 Å². The van der Waals surface area contributed by atoms with Crippen LogP contribution in [-0.2, 0) is 6.54 Å². The third kappa shape index (κ3) is 5.32. The smallest absolute Gasteiger partial charge is 0.330 e. The van der Waals surface area contributed by atoms with Crippen LogP contribution in [-0.4, -0.2) is 24.2 Å². The third-order valence-corrected chi connectivity index (χ3v) is 3.56. The Morgan fingerprint density at radius 1 is 1.44 bits per heavy atom. The molecule has 1 unspecified atom stereocenters. The largest absolute Gasteiger partial charge is 0.391 e. The molecule has 1 rings (SSSR count). The number of aromatic nitrogens is 1. The standard InChI is InChI=1S/C11H18F3N3S/c1-8-7-18-10(17-8)6-16-5-3-9(2-4-15)11(12,13)14/h7,9,16H,2-6,15H2,1H3. The number of aryl methyl sites for hydroxylation is 1. The molecule has 0 saturated heterocycles. The highest BCUT2D eigenvalue weighted by atomic mass is 32.1. The highest BCUT2D eigenvalue weighted by molar-refractivity contribution is 7.09. The SMILES string of the molecule is Cc1csc(CNCCC(CCN)C(F)(F)F)n1. The zero-order chi connectivity index (χ0) is 13.6. The Morgan fingerprint density at radius 3 is 2.67 bits per heavy atom. The van der Waals surface area contributed by atoms with Crippen molar-refractivity contribution in [2.75, 3.05) is 13.1 Å². The lowest BCUT2D eigenvalue weighted by Crippen LogP contribution is -2.29. The van der Waals surface area contributed by atoms with E-state index < -0.39 is 12.1 Å². The Hall–Kier alpha value is -0.660. The Labute approximate surface area is 109 Å². The highest BCUT2D eigenvalue weighted by Crippen LogP contribution is 2.30. The van der Waals surface area contributed by atoms with Crippen molar-refractivity contribution in [2.24, 2.45) is 11.7 Å². The van der Waals surface area contributed by atoms with E-state index in [-0.39, 0.29) is 19.4 Å². The van der Waals surface area contributed by atoms with E-state index >= 15 is 0 Å². The van der Waals surface area contributed by atoms with Crippen molar-refractivity contribution in [3.8, 4) is 0 Å². The summed E-state index contributed by atoms with van der Waals surface area (Å²) in [5.41, 5.74) is 6.13. The summed E-state index contributed by atoms with van der Waals surface area (Å²) in [4.78, 5) is 4.23. The van der Waals surface area contributed by atoms with Crippen molar-refractivity contribution in [2.45, 2.75) is 32.5 Å². The van der Waals surface area contributed by atoms with Gasteiger partial charge in [0.05, 0.1) is 5.92 Å². The van der Waals surface area contributed by atoms with E-state index in [0.29, 0.717) is 13.1 Å². The molecule has 0 saturated carbocycles. The third-order valence-electron chi connectivity index (χ3n) is 2.59. The molecule has 7 heteroatoms. The number of nitrogens with zero attached hydrogens (tertiary/aromatic N) is 1. The van der Waals surface area contributed by atoms with Gasteiger partial charge in [0.15, 0.2) is 0 Å². The molecule has 3 nitrogen and oxygen atoms in total. The molecule has 18 heavy (non-hydrogen) atoms. The van der Waals surface area contributed by atoms with Crippen LogP contribution in [0.5, 0.6) is 0 Å². The molecule has 0 fully saturated rings. The lowest BCUT2D eigenvalue weighted by atomic mass is 10.0. The fourth-order valence-corrected chi connectivity index (χ4v) is 2.37. The highest BCUT2D eigenvalue weighted by Gasteiger charge is 2.38. The van der Waals surface area contributed by atoms with Crippen LogP contribution >= 0.6 is 11.3 Å². The number of hydrogen-bond donors (Lipinski definition) is 2. The summed E-state index contributed by atoms with van der Waals surface area (Å²) in [7, 11) is 0. The lowest BCUT2D eigenvalue weighted by Gasteiger charge is -2.19. The number of nitrogens with one attached hydrogen (secondary N) is 1. The molecule has 104 valence electrons. The molecule has 0 bridgehead atoms. The number of alkyl halides is 3. The van der Waals surface area contributed by atoms with E-state index in [1.54, 1.807) is 0 Å². The van der Waals surface area contributed by atoms with Crippen LogP contribution in [0.2, 0.25) is 0 Å². The van der Waals surface area contributed by atoms with Crippen molar-refractivity contribution >= 4 is 11.3 Å². The van der Waals surface area contributed by atoms with Gasteiger partial charge in [-0.3, -0.25) is 0 Å². The van der Waals surface area contributed by atoms with Crippen molar-refractivity contribution in [1.82, 2.24) is 10.3 Å². The van der Waals surface area contributed by atoms with Crippen LogP contribution < -0.4 is 11.1 Å². The van der Waals surface area contributed by atoms with Gasteiger partial charge >= 0.3 is 6.18 Å². The minimum absolute atomic E-state index is 0.0124. The number of nitrogens with two attached hydrogens (primary N) is 1. The first kappa shape index (κ1) is 15.4. The van der Waals surface area contributed by atoms with Gasteiger partial charge < -0.3 is 11.1 Å². The molecule has 0 spiro atoms. The molecule has 1 atom stereocenters. The van der Waals surface area contributed by atoms with E-state index in [9.17, 15) is 13.2 Å². The number of thiazole rings is 1. The second kappa shape index (κ2) is 7.06. The van der Waals surface area contributed by atoms with Crippen LogP contribution in [0.15, 0.2) is 5.38 Å². The number of halogens is 3. The zero-order valence-corrected chi connectivity index (χ0v) is 11.1. The maximum atomic E-state index is 12.6. The minimum atomic E-state index is -4.15. The molecule has 0 aliphatic carbocycles. The maximum Gasteiger partial charge on any atom is 0.391 e. The first-order valence-corrected chi connectivity index (χ1v) is 6.70. The minimum Gasteiger partial charge on any atom is -0.330 e. The van der Waals surface area contributed by atoms with Gasteiger partial charge in [0, 0.05) is 17.6 Å². The van der Waals surface area contributed by atoms with Crippen molar-refractivity contribution in [3.05, 3.63) is 16.1 Å². The van der Waals surface area contributed by atoms with Crippen molar-refractivity contribution in [1.29, 1.82) is 0 Å². The van der Waals surface area contributed by atoms with Crippen molar-refractivity contribution < 1.29 is 13.2 Å². The van der Waals surface area contributed by atoms with E-state index in [4.69, 9.17) is 5.73 Å².